The Morgan fingerprint density at radius 1 is 1.23 bits per heavy atom. The van der Waals surface area contributed by atoms with E-state index in [1.165, 1.54) is 6.42 Å². The molecule has 5 nitrogen and oxygen atoms in total. The van der Waals surface area contributed by atoms with E-state index in [0.29, 0.717) is 30.6 Å². The van der Waals surface area contributed by atoms with Gasteiger partial charge in [0.15, 0.2) is 0 Å². The van der Waals surface area contributed by atoms with Crippen LogP contribution < -0.4 is 5.32 Å². The summed E-state index contributed by atoms with van der Waals surface area (Å²) in [7, 11) is 0. The molecule has 6 heteroatoms. The van der Waals surface area contributed by atoms with E-state index in [1.807, 2.05) is 40.6 Å². The van der Waals surface area contributed by atoms with Gasteiger partial charge in [-0.3, -0.25) is 14.5 Å². The summed E-state index contributed by atoms with van der Waals surface area (Å²) < 4.78 is 0. The van der Waals surface area contributed by atoms with Gasteiger partial charge in [-0.05, 0) is 54.9 Å². The largest absolute Gasteiger partial charge is 0.354 e. The molecule has 1 fully saturated rings. The maximum Gasteiger partial charge on any atom is 0.254 e. The van der Waals surface area contributed by atoms with Crippen LogP contribution in [-0.4, -0.2) is 53.8 Å². The van der Waals surface area contributed by atoms with Crippen LogP contribution in [0.3, 0.4) is 0 Å². The summed E-state index contributed by atoms with van der Waals surface area (Å²) in [5.74, 6) is -0.0328. The van der Waals surface area contributed by atoms with Crippen molar-refractivity contribution in [3.05, 3.63) is 57.8 Å². The molecule has 0 unspecified atom stereocenters. The molecule has 0 saturated carbocycles. The number of fused-ring (bicyclic) bond motifs is 1. The van der Waals surface area contributed by atoms with Gasteiger partial charge in [0.05, 0.1) is 12.0 Å². The Hall–Kier alpha value is -2.18. The molecule has 1 aromatic heterocycles. The first-order valence-electron chi connectivity index (χ1n) is 11.5. The zero-order chi connectivity index (χ0) is 22.0. The number of rotatable bonds is 7. The third-order valence-corrected chi connectivity index (χ3v) is 7.48. The molecule has 4 rings (SSSR count). The number of carbonyl (C=O) groups excluding carboxylic acids is 2. The van der Waals surface area contributed by atoms with Gasteiger partial charge in [-0.25, -0.2) is 0 Å². The number of likely N-dealkylation sites (tertiary alicyclic amines) is 1. The number of carbonyl (C=O) groups is 2. The Kier molecular flexibility index (Phi) is 6.77. The third-order valence-electron chi connectivity index (χ3n) is 6.53. The Labute approximate surface area is 189 Å². The Balaban J connectivity index is 1.68. The molecule has 0 radical (unpaired) electrons. The van der Waals surface area contributed by atoms with Gasteiger partial charge in [0.1, 0.15) is 0 Å². The first-order valence-corrected chi connectivity index (χ1v) is 12.3. The van der Waals surface area contributed by atoms with E-state index < -0.39 is 5.92 Å². The lowest BCUT2D eigenvalue weighted by Crippen LogP contribution is -2.49. The Bertz CT molecular complexity index is 911. The molecule has 2 aliphatic heterocycles. The fourth-order valence-electron chi connectivity index (χ4n) is 5.12. The summed E-state index contributed by atoms with van der Waals surface area (Å²) >= 11 is 1.62. The molecule has 0 aliphatic carbocycles. The summed E-state index contributed by atoms with van der Waals surface area (Å²) in [5, 5.41) is 5.29. The summed E-state index contributed by atoms with van der Waals surface area (Å²) in [6, 6.07) is 11.8. The lowest BCUT2D eigenvalue weighted by molar-refractivity contribution is -0.124. The summed E-state index contributed by atoms with van der Waals surface area (Å²) in [5.41, 5.74) is 1.51. The van der Waals surface area contributed by atoms with E-state index in [1.54, 1.807) is 11.3 Å². The second-order valence-corrected chi connectivity index (χ2v) is 10.0. The predicted molar refractivity (Wildman–Crippen MR) is 125 cm³/mol. The maximum atomic E-state index is 13.7. The van der Waals surface area contributed by atoms with Gasteiger partial charge in [0.25, 0.3) is 5.91 Å². The van der Waals surface area contributed by atoms with Crippen molar-refractivity contribution in [1.29, 1.82) is 0 Å². The smallest absolute Gasteiger partial charge is 0.254 e. The lowest BCUT2D eigenvalue weighted by atomic mass is 9.81. The Morgan fingerprint density at radius 2 is 2.03 bits per heavy atom. The number of nitrogens with one attached hydrogen (secondary N) is 1. The molecule has 0 bridgehead atoms. The van der Waals surface area contributed by atoms with Crippen molar-refractivity contribution in [2.45, 2.75) is 51.6 Å². The monoisotopic (exact) mass is 439 g/mol. The molecule has 2 aliphatic rings. The Morgan fingerprint density at radius 3 is 2.74 bits per heavy atom. The van der Waals surface area contributed by atoms with Crippen molar-refractivity contribution in [3.63, 3.8) is 0 Å². The second-order valence-electron chi connectivity index (χ2n) is 9.05. The number of nitrogens with zero attached hydrogens (tertiary/aromatic N) is 2. The minimum atomic E-state index is -0.400. The molecule has 1 saturated heterocycles. The van der Waals surface area contributed by atoms with Crippen LogP contribution in [0.4, 0.5) is 0 Å². The van der Waals surface area contributed by atoms with E-state index in [-0.39, 0.29) is 17.9 Å². The zero-order valence-corrected chi connectivity index (χ0v) is 19.5. The van der Waals surface area contributed by atoms with E-state index in [2.05, 4.69) is 37.1 Å². The second kappa shape index (κ2) is 9.53. The molecule has 1 aromatic carbocycles. The number of benzene rings is 1. The number of hydrogen-bond acceptors (Lipinski definition) is 4. The molecular weight excluding hydrogens is 406 g/mol. The van der Waals surface area contributed by atoms with Crippen LogP contribution in [0.1, 0.15) is 66.4 Å². The summed E-state index contributed by atoms with van der Waals surface area (Å²) in [4.78, 5) is 32.6. The average molecular weight is 440 g/mol. The van der Waals surface area contributed by atoms with Gasteiger partial charge in [-0.2, -0.15) is 0 Å². The molecule has 3 heterocycles. The molecule has 2 aromatic rings. The first-order chi connectivity index (χ1) is 15.0. The van der Waals surface area contributed by atoms with Crippen molar-refractivity contribution in [3.8, 4) is 0 Å². The van der Waals surface area contributed by atoms with Crippen LogP contribution in [0.2, 0.25) is 0 Å². The molecule has 0 spiro atoms. The highest BCUT2D eigenvalue weighted by atomic mass is 32.1. The minimum Gasteiger partial charge on any atom is -0.354 e. The van der Waals surface area contributed by atoms with Gasteiger partial charge in [0.2, 0.25) is 5.91 Å². The quantitative estimate of drug-likeness (QED) is 0.700. The molecule has 2 amide bonds. The van der Waals surface area contributed by atoms with E-state index in [4.69, 9.17) is 0 Å². The summed E-state index contributed by atoms with van der Waals surface area (Å²) in [6.45, 7) is 9.84. The lowest BCUT2D eigenvalue weighted by Gasteiger charge is -2.42. The minimum absolute atomic E-state index is 0.0232. The average Bonchev–Trinajstić information content (AvgIpc) is 3.45. The van der Waals surface area contributed by atoms with Crippen molar-refractivity contribution < 1.29 is 9.59 Å². The highest BCUT2D eigenvalue weighted by Gasteiger charge is 2.44. The van der Waals surface area contributed by atoms with Crippen LogP contribution >= 0.6 is 11.3 Å². The molecular formula is C25H33N3O2S. The standard InChI is InChI=1S/C25H33N3O2S/c1-4-27-13-7-9-18(27)15-26-24(29)22-19-10-5-6-11-20(19)25(30)28(16-17(2)3)23(22)21-12-8-14-31-21/h5-6,8,10-12,14,17-18,22-23H,4,7,9,13,15-16H2,1-3H3,(H,26,29)/t18-,22+,23+/m1/s1. The van der Waals surface area contributed by atoms with E-state index in [9.17, 15) is 9.59 Å². The highest BCUT2D eigenvalue weighted by molar-refractivity contribution is 7.10. The zero-order valence-electron chi connectivity index (χ0n) is 18.7. The number of thiophene rings is 1. The van der Waals surface area contributed by atoms with Gasteiger partial charge in [-0.15, -0.1) is 11.3 Å². The van der Waals surface area contributed by atoms with Gasteiger partial charge < -0.3 is 10.2 Å². The van der Waals surface area contributed by atoms with Gasteiger partial charge >= 0.3 is 0 Å². The van der Waals surface area contributed by atoms with Crippen molar-refractivity contribution in [2.75, 3.05) is 26.2 Å². The normalized spacial score (nSPS) is 23.9. The van der Waals surface area contributed by atoms with Crippen LogP contribution in [0.5, 0.6) is 0 Å². The number of hydrogen-bond donors (Lipinski definition) is 1. The van der Waals surface area contributed by atoms with Crippen LogP contribution in [0.25, 0.3) is 0 Å². The maximum absolute atomic E-state index is 13.7. The van der Waals surface area contributed by atoms with Gasteiger partial charge in [-0.1, -0.05) is 45.0 Å². The summed E-state index contributed by atoms with van der Waals surface area (Å²) in [6.07, 6.45) is 2.32. The predicted octanol–water partition coefficient (Wildman–Crippen LogP) is 4.29. The van der Waals surface area contributed by atoms with Gasteiger partial charge in [0, 0.05) is 29.6 Å². The van der Waals surface area contributed by atoms with Crippen LogP contribution in [0, 0.1) is 5.92 Å². The third kappa shape index (κ3) is 4.41. The van der Waals surface area contributed by atoms with E-state index >= 15 is 0 Å². The fraction of sp³-hybridized carbons (Fsp3) is 0.520. The van der Waals surface area contributed by atoms with Crippen LogP contribution in [0.15, 0.2) is 41.8 Å². The fourth-order valence-corrected chi connectivity index (χ4v) is 5.99. The first kappa shape index (κ1) is 22.0. The molecule has 166 valence electrons. The van der Waals surface area contributed by atoms with Crippen molar-refractivity contribution in [2.24, 2.45) is 5.92 Å². The van der Waals surface area contributed by atoms with E-state index in [0.717, 1.165) is 30.0 Å². The molecule has 31 heavy (non-hydrogen) atoms. The van der Waals surface area contributed by atoms with Crippen LogP contribution in [-0.2, 0) is 4.79 Å². The topological polar surface area (TPSA) is 52.7 Å². The van der Waals surface area contributed by atoms with Crippen molar-refractivity contribution >= 4 is 23.2 Å². The number of amides is 2. The van der Waals surface area contributed by atoms with Crippen molar-refractivity contribution in [1.82, 2.24) is 15.1 Å². The molecule has 3 atom stereocenters. The number of likely N-dealkylation sites (N-methyl/N-ethyl adjacent to an activating group) is 1. The molecule has 1 N–H and O–H groups in total. The SMILES string of the molecule is CCN1CCC[C@@H]1CNC(=O)[C@H]1c2ccccc2C(=O)N(CC(C)C)[C@H]1c1cccs1. The highest BCUT2D eigenvalue weighted by Crippen LogP contribution is 2.44.